The van der Waals surface area contributed by atoms with Crippen LogP contribution in [0.25, 0.3) is 0 Å². The van der Waals surface area contributed by atoms with Crippen molar-refractivity contribution in [3.05, 3.63) is 11.9 Å². The minimum Gasteiger partial charge on any atom is -0.481 e. The number of hydrogen-bond donors (Lipinski definition) is 2. The Hall–Kier alpha value is -1.36. The van der Waals surface area contributed by atoms with Crippen molar-refractivity contribution in [3.8, 4) is 5.88 Å². The Bertz CT molecular complexity index is 398. The second-order valence-electron chi connectivity index (χ2n) is 4.86. The molecule has 5 nitrogen and oxygen atoms in total. The van der Waals surface area contributed by atoms with E-state index in [0.29, 0.717) is 30.1 Å². The van der Waals surface area contributed by atoms with Crippen molar-refractivity contribution >= 4 is 5.82 Å². The maximum atomic E-state index is 9.29. The van der Waals surface area contributed by atoms with Crippen LogP contribution < -0.4 is 10.1 Å². The first-order valence-corrected chi connectivity index (χ1v) is 6.47. The molecule has 0 spiro atoms. The highest BCUT2D eigenvalue weighted by Crippen LogP contribution is 2.31. The molecule has 2 unspecified atom stereocenters. The van der Waals surface area contributed by atoms with Crippen molar-refractivity contribution in [1.29, 1.82) is 0 Å². The third-order valence-corrected chi connectivity index (χ3v) is 3.62. The summed E-state index contributed by atoms with van der Waals surface area (Å²) in [6.45, 7) is 2.99. The Balaban J connectivity index is 1.95. The van der Waals surface area contributed by atoms with Gasteiger partial charge in [0.25, 0.3) is 0 Å². The van der Waals surface area contributed by atoms with Gasteiger partial charge in [-0.15, -0.1) is 0 Å². The summed E-state index contributed by atoms with van der Waals surface area (Å²) in [6, 6.07) is 1.80. The van der Waals surface area contributed by atoms with Crippen LogP contribution in [0.2, 0.25) is 0 Å². The lowest BCUT2D eigenvalue weighted by molar-refractivity contribution is 0.199. The summed E-state index contributed by atoms with van der Waals surface area (Å²) in [4.78, 5) is 8.48. The third kappa shape index (κ3) is 3.10. The quantitative estimate of drug-likeness (QED) is 0.832. The largest absolute Gasteiger partial charge is 0.481 e. The fourth-order valence-electron chi connectivity index (χ4n) is 2.59. The van der Waals surface area contributed by atoms with E-state index >= 15 is 0 Å². The second-order valence-corrected chi connectivity index (χ2v) is 4.86. The van der Waals surface area contributed by atoms with Gasteiger partial charge in [0.2, 0.25) is 5.88 Å². The van der Waals surface area contributed by atoms with E-state index < -0.39 is 0 Å². The van der Waals surface area contributed by atoms with Gasteiger partial charge in [-0.3, -0.25) is 0 Å². The molecule has 2 rings (SSSR count). The van der Waals surface area contributed by atoms with Gasteiger partial charge in [-0.05, 0) is 31.6 Å². The normalized spacial score (nSPS) is 23.1. The molecule has 0 aromatic carbocycles. The van der Waals surface area contributed by atoms with E-state index in [1.165, 1.54) is 12.8 Å². The summed E-state index contributed by atoms with van der Waals surface area (Å²) in [5, 5.41) is 12.6. The monoisotopic (exact) mass is 251 g/mol. The van der Waals surface area contributed by atoms with Crippen LogP contribution in [0.3, 0.4) is 0 Å². The highest BCUT2D eigenvalue weighted by atomic mass is 16.5. The molecule has 2 atom stereocenters. The fraction of sp³-hybridized carbons (Fsp3) is 0.692. The Labute approximate surface area is 108 Å². The molecule has 1 aromatic rings. The maximum absolute atomic E-state index is 9.29. The van der Waals surface area contributed by atoms with Gasteiger partial charge in [0.15, 0.2) is 0 Å². The minimum atomic E-state index is 0.290. The molecular formula is C13H21N3O2. The van der Waals surface area contributed by atoms with E-state index in [-0.39, 0.29) is 0 Å². The van der Waals surface area contributed by atoms with Crippen molar-refractivity contribution in [3.63, 3.8) is 0 Å². The van der Waals surface area contributed by atoms with Gasteiger partial charge in [-0.2, -0.15) is 4.98 Å². The smallest absolute Gasteiger partial charge is 0.218 e. The zero-order valence-electron chi connectivity index (χ0n) is 11.0. The molecule has 2 N–H and O–H groups in total. The second kappa shape index (κ2) is 6.00. The van der Waals surface area contributed by atoms with Crippen LogP contribution in [0.4, 0.5) is 5.82 Å². The molecular weight excluding hydrogens is 230 g/mol. The summed E-state index contributed by atoms with van der Waals surface area (Å²) in [5.41, 5.74) is 0. The third-order valence-electron chi connectivity index (χ3n) is 3.62. The van der Waals surface area contributed by atoms with Gasteiger partial charge in [-0.25, -0.2) is 4.98 Å². The molecule has 1 aliphatic carbocycles. The predicted molar refractivity (Wildman–Crippen MR) is 69.7 cm³/mol. The summed E-state index contributed by atoms with van der Waals surface area (Å²) >= 11 is 0. The molecule has 1 aliphatic rings. The molecule has 0 aliphatic heterocycles. The van der Waals surface area contributed by atoms with Crippen molar-refractivity contribution in [1.82, 2.24) is 9.97 Å². The Morgan fingerprint density at radius 1 is 1.39 bits per heavy atom. The molecule has 1 aromatic heterocycles. The van der Waals surface area contributed by atoms with Gasteiger partial charge in [0.1, 0.15) is 11.6 Å². The van der Waals surface area contributed by atoms with Crippen LogP contribution in [0.5, 0.6) is 5.88 Å². The lowest BCUT2D eigenvalue weighted by atomic mass is 9.97. The van der Waals surface area contributed by atoms with Crippen molar-refractivity contribution in [2.45, 2.75) is 26.2 Å². The van der Waals surface area contributed by atoms with Gasteiger partial charge in [-0.1, -0.05) is 6.42 Å². The summed E-state index contributed by atoms with van der Waals surface area (Å²) in [5.74, 6) is 3.04. The number of hydrogen-bond acceptors (Lipinski definition) is 5. The molecule has 1 saturated carbocycles. The van der Waals surface area contributed by atoms with Crippen LogP contribution in [0.1, 0.15) is 25.1 Å². The van der Waals surface area contributed by atoms with Gasteiger partial charge >= 0.3 is 0 Å². The van der Waals surface area contributed by atoms with Gasteiger partial charge in [0.05, 0.1) is 7.11 Å². The van der Waals surface area contributed by atoms with E-state index in [0.717, 1.165) is 18.8 Å². The molecule has 100 valence electrons. The highest BCUT2D eigenvalue weighted by molar-refractivity contribution is 5.38. The van der Waals surface area contributed by atoms with E-state index in [2.05, 4.69) is 15.3 Å². The SMILES string of the molecule is COc1cc(NCC2CCCC2CO)nc(C)n1. The number of ether oxygens (including phenoxy) is 1. The first kappa shape index (κ1) is 13.1. The van der Waals surface area contributed by atoms with Crippen molar-refractivity contribution in [2.24, 2.45) is 11.8 Å². The standard InChI is InChI=1S/C13H21N3O2/c1-9-15-12(6-13(16-9)18-2)14-7-10-4-3-5-11(10)8-17/h6,10-11,17H,3-5,7-8H2,1-2H3,(H,14,15,16). The number of aliphatic hydroxyl groups excluding tert-OH is 1. The van der Waals surface area contributed by atoms with Crippen LogP contribution in [-0.4, -0.2) is 35.3 Å². The number of nitrogens with zero attached hydrogens (tertiary/aromatic N) is 2. The Morgan fingerprint density at radius 3 is 2.89 bits per heavy atom. The highest BCUT2D eigenvalue weighted by Gasteiger charge is 2.26. The molecule has 0 radical (unpaired) electrons. The molecule has 0 amide bonds. The number of aliphatic hydroxyl groups is 1. The molecule has 0 saturated heterocycles. The topological polar surface area (TPSA) is 67.3 Å². The predicted octanol–water partition coefficient (Wildman–Crippen LogP) is 1.61. The average Bonchev–Trinajstić information content (AvgIpc) is 2.83. The van der Waals surface area contributed by atoms with E-state index in [9.17, 15) is 5.11 Å². The number of aromatic nitrogens is 2. The van der Waals surface area contributed by atoms with Crippen molar-refractivity contribution < 1.29 is 9.84 Å². The molecule has 1 heterocycles. The Morgan fingerprint density at radius 2 is 2.17 bits per heavy atom. The fourth-order valence-corrected chi connectivity index (χ4v) is 2.59. The number of rotatable bonds is 5. The zero-order chi connectivity index (χ0) is 13.0. The van der Waals surface area contributed by atoms with Crippen molar-refractivity contribution in [2.75, 3.05) is 25.6 Å². The summed E-state index contributed by atoms with van der Waals surface area (Å²) in [7, 11) is 1.60. The zero-order valence-corrected chi connectivity index (χ0v) is 11.0. The van der Waals surface area contributed by atoms with Gasteiger partial charge in [0, 0.05) is 19.2 Å². The van der Waals surface area contributed by atoms with Crippen LogP contribution in [0, 0.1) is 18.8 Å². The van der Waals surface area contributed by atoms with Crippen LogP contribution in [-0.2, 0) is 0 Å². The number of nitrogens with one attached hydrogen (secondary N) is 1. The van der Waals surface area contributed by atoms with E-state index in [1.54, 1.807) is 13.2 Å². The van der Waals surface area contributed by atoms with E-state index in [4.69, 9.17) is 4.74 Å². The first-order valence-electron chi connectivity index (χ1n) is 6.47. The molecule has 1 fully saturated rings. The van der Waals surface area contributed by atoms with Gasteiger partial charge < -0.3 is 15.2 Å². The number of methoxy groups -OCH3 is 1. The van der Waals surface area contributed by atoms with E-state index in [1.807, 2.05) is 6.92 Å². The van der Waals surface area contributed by atoms with Crippen LogP contribution >= 0.6 is 0 Å². The Kier molecular flexibility index (Phi) is 4.36. The van der Waals surface area contributed by atoms with Crippen LogP contribution in [0.15, 0.2) is 6.07 Å². The minimum absolute atomic E-state index is 0.290. The lowest BCUT2D eigenvalue weighted by Gasteiger charge is -2.18. The summed E-state index contributed by atoms with van der Waals surface area (Å²) in [6.07, 6.45) is 3.53. The number of aryl methyl sites for hydroxylation is 1. The molecule has 5 heteroatoms. The average molecular weight is 251 g/mol. The maximum Gasteiger partial charge on any atom is 0.218 e. The first-order chi connectivity index (χ1) is 8.72. The summed E-state index contributed by atoms with van der Waals surface area (Å²) < 4.78 is 5.12. The molecule has 0 bridgehead atoms. The lowest BCUT2D eigenvalue weighted by Crippen LogP contribution is -2.21. The number of anilines is 1. The molecule has 18 heavy (non-hydrogen) atoms.